The summed E-state index contributed by atoms with van der Waals surface area (Å²) in [5.41, 5.74) is 7.14. The summed E-state index contributed by atoms with van der Waals surface area (Å²) in [7, 11) is 2.18. The quantitative estimate of drug-likeness (QED) is 0.912. The first-order valence-electron chi connectivity index (χ1n) is 5.36. The fourth-order valence-corrected chi connectivity index (χ4v) is 2.42. The van der Waals surface area contributed by atoms with E-state index in [1.54, 1.807) is 0 Å². The van der Waals surface area contributed by atoms with E-state index in [2.05, 4.69) is 46.1 Å². The second-order valence-electron chi connectivity index (χ2n) is 4.39. The molecule has 0 bridgehead atoms. The number of nitrogens with zero attached hydrogens (tertiary/aromatic N) is 1. The Hall–Kier alpha value is -0.380. The van der Waals surface area contributed by atoms with E-state index in [4.69, 9.17) is 5.73 Å². The molecule has 0 aromatic heterocycles. The Morgan fingerprint density at radius 3 is 2.67 bits per heavy atom. The molecule has 0 heterocycles. The Morgan fingerprint density at radius 2 is 2.07 bits per heavy atom. The van der Waals surface area contributed by atoms with Gasteiger partial charge in [0.1, 0.15) is 0 Å². The van der Waals surface area contributed by atoms with Gasteiger partial charge >= 0.3 is 0 Å². The summed E-state index contributed by atoms with van der Waals surface area (Å²) in [4.78, 5) is 2.39. The van der Waals surface area contributed by atoms with E-state index in [0.717, 1.165) is 19.4 Å². The largest absolute Gasteiger partial charge is 0.328 e. The van der Waals surface area contributed by atoms with Gasteiger partial charge in [0.2, 0.25) is 0 Å². The molecule has 1 aromatic rings. The summed E-state index contributed by atoms with van der Waals surface area (Å²) in [6, 6.07) is 9.49. The van der Waals surface area contributed by atoms with Crippen LogP contribution in [0.1, 0.15) is 18.4 Å². The van der Waals surface area contributed by atoms with E-state index in [1.165, 1.54) is 10.0 Å². The Morgan fingerprint density at radius 1 is 1.40 bits per heavy atom. The standard InChI is InChI=1S/C12H17BrN2/c1-15(11-6-10(14)7-11)8-9-4-2-3-5-12(9)13/h2-5,10-11H,6-8,14H2,1H3. The van der Waals surface area contributed by atoms with E-state index in [-0.39, 0.29) is 0 Å². The van der Waals surface area contributed by atoms with Crippen LogP contribution in [-0.4, -0.2) is 24.0 Å². The molecule has 0 amide bonds. The lowest BCUT2D eigenvalue weighted by Gasteiger charge is -2.39. The molecule has 0 atom stereocenters. The van der Waals surface area contributed by atoms with E-state index < -0.39 is 0 Å². The van der Waals surface area contributed by atoms with Crippen molar-refractivity contribution in [3.63, 3.8) is 0 Å². The fraction of sp³-hybridized carbons (Fsp3) is 0.500. The molecule has 1 fully saturated rings. The predicted molar refractivity (Wildman–Crippen MR) is 66.6 cm³/mol. The zero-order valence-corrected chi connectivity index (χ0v) is 10.6. The Bertz CT molecular complexity index is 334. The van der Waals surface area contributed by atoms with Crippen molar-refractivity contribution in [1.29, 1.82) is 0 Å². The van der Waals surface area contributed by atoms with Crippen molar-refractivity contribution in [2.24, 2.45) is 5.73 Å². The van der Waals surface area contributed by atoms with Gasteiger partial charge in [-0.25, -0.2) is 0 Å². The maximum absolute atomic E-state index is 5.79. The van der Waals surface area contributed by atoms with Crippen LogP contribution in [0, 0.1) is 0 Å². The molecular weight excluding hydrogens is 252 g/mol. The number of hydrogen-bond donors (Lipinski definition) is 1. The molecule has 1 aliphatic rings. The summed E-state index contributed by atoms with van der Waals surface area (Å²) < 4.78 is 1.19. The molecule has 3 heteroatoms. The third-order valence-electron chi connectivity index (χ3n) is 3.15. The number of rotatable bonds is 3. The molecule has 1 aromatic carbocycles. The number of nitrogens with two attached hydrogens (primary N) is 1. The molecule has 15 heavy (non-hydrogen) atoms. The van der Waals surface area contributed by atoms with Crippen LogP contribution < -0.4 is 5.73 Å². The lowest BCUT2D eigenvalue weighted by molar-refractivity contribution is 0.132. The monoisotopic (exact) mass is 268 g/mol. The van der Waals surface area contributed by atoms with Gasteiger partial charge in [0.05, 0.1) is 0 Å². The first-order chi connectivity index (χ1) is 7.16. The van der Waals surface area contributed by atoms with Crippen molar-refractivity contribution < 1.29 is 0 Å². The Balaban J connectivity index is 1.94. The highest BCUT2D eigenvalue weighted by Gasteiger charge is 2.29. The van der Waals surface area contributed by atoms with Crippen molar-refractivity contribution >= 4 is 15.9 Å². The van der Waals surface area contributed by atoms with Gasteiger partial charge in [0.15, 0.2) is 0 Å². The van der Waals surface area contributed by atoms with Gasteiger partial charge in [-0.3, -0.25) is 4.90 Å². The molecule has 82 valence electrons. The Kier molecular flexibility index (Phi) is 3.44. The van der Waals surface area contributed by atoms with Gasteiger partial charge in [-0.05, 0) is 31.5 Å². The second-order valence-corrected chi connectivity index (χ2v) is 5.25. The predicted octanol–water partition coefficient (Wildman–Crippen LogP) is 2.37. The minimum absolute atomic E-state index is 0.427. The van der Waals surface area contributed by atoms with E-state index in [1.807, 2.05) is 6.07 Å². The second kappa shape index (κ2) is 4.64. The third-order valence-corrected chi connectivity index (χ3v) is 3.92. The van der Waals surface area contributed by atoms with Crippen LogP contribution in [0.15, 0.2) is 28.7 Å². The van der Waals surface area contributed by atoms with Crippen molar-refractivity contribution in [2.45, 2.75) is 31.5 Å². The number of hydrogen-bond acceptors (Lipinski definition) is 2. The maximum Gasteiger partial charge on any atom is 0.0244 e. The van der Waals surface area contributed by atoms with Crippen molar-refractivity contribution in [2.75, 3.05) is 7.05 Å². The van der Waals surface area contributed by atoms with Crippen LogP contribution in [0.4, 0.5) is 0 Å². The summed E-state index contributed by atoms with van der Waals surface area (Å²) in [6.45, 7) is 0.999. The topological polar surface area (TPSA) is 29.3 Å². The lowest BCUT2D eigenvalue weighted by Crippen LogP contribution is -2.48. The highest BCUT2D eigenvalue weighted by molar-refractivity contribution is 9.10. The van der Waals surface area contributed by atoms with E-state index in [9.17, 15) is 0 Å². The van der Waals surface area contributed by atoms with Crippen LogP contribution in [-0.2, 0) is 6.54 Å². The minimum Gasteiger partial charge on any atom is -0.328 e. The summed E-state index contributed by atoms with van der Waals surface area (Å²) in [5.74, 6) is 0. The van der Waals surface area contributed by atoms with Crippen LogP contribution in [0.25, 0.3) is 0 Å². The van der Waals surface area contributed by atoms with Crippen LogP contribution in [0.2, 0.25) is 0 Å². The summed E-state index contributed by atoms with van der Waals surface area (Å²) in [6.07, 6.45) is 2.28. The van der Waals surface area contributed by atoms with Gasteiger partial charge in [0, 0.05) is 23.1 Å². The van der Waals surface area contributed by atoms with Crippen LogP contribution >= 0.6 is 15.9 Å². The van der Waals surface area contributed by atoms with Crippen molar-refractivity contribution in [1.82, 2.24) is 4.90 Å². The zero-order chi connectivity index (χ0) is 10.8. The molecule has 2 rings (SSSR count). The molecule has 0 unspecified atom stereocenters. The minimum atomic E-state index is 0.427. The molecule has 2 nitrogen and oxygen atoms in total. The third kappa shape index (κ3) is 2.60. The SMILES string of the molecule is CN(Cc1ccccc1Br)C1CC(N)C1. The molecule has 0 spiro atoms. The summed E-state index contributed by atoms with van der Waals surface area (Å²) >= 11 is 3.57. The van der Waals surface area contributed by atoms with E-state index >= 15 is 0 Å². The summed E-state index contributed by atoms with van der Waals surface area (Å²) in [5, 5.41) is 0. The number of halogens is 1. The first-order valence-corrected chi connectivity index (χ1v) is 6.15. The van der Waals surface area contributed by atoms with Gasteiger partial charge in [-0.2, -0.15) is 0 Å². The normalized spacial score (nSPS) is 25.3. The van der Waals surface area contributed by atoms with E-state index in [0.29, 0.717) is 12.1 Å². The molecule has 0 aliphatic heterocycles. The zero-order valence-electron chi connectivity index (χ0n) is 8.99. The average molecular weight is 269 g/mol. The number of benzene rings is 1. The van der Waals surface area contributed by atoms with Gasteiger partial charge in [-0.15, -0.1) is 0 Å². The molecule has 1 saturated carbocycles. The van der Waals surface area contributed by atoms with Crippen LogP contribution in [0.5, 0.6) is 0 Å². The highest BCUT2D eigenvalue weighted by atomic mass is 79.9. The van der Waals surface area contributed by atoms with Gasteiger partial charge in [0.25, 0.3) is 0 Å². The van der Waals surface area contributed by atoms with Gasteiger partial charge in [-0.1, -0.05) is 34.1 Å². The molecule has 2 N–H and O–H groups in total. The van der Waals surface area contributed by atoms with Crippen LogP contribution in [0.3, 0.4) is 0 Å². The Labute approximate surface area is 99.6 Å². The smallest absolute Gasteiger partial charge is 0.0244 e. The molecule has 1 aliphatic carbocycles. The first kappa shape index (κ1) is 11.1. The molecular formula is C12H17BrN2. The molecule has 0 radical (unpaired) electrons. The lowest BCUT2D eigenvalue weighted by atomic mass is 9.86. The van der Waals surface area contributed by atoms with Crippen molar-refractivity contribution in [3.05, 3.63) is 34.3 Å². The highest BCUT2D eigenvalue weighted by Crippen LogP contribution is 2.25. The maximum atomic E-state index is 5.79. The van der Waals surface area contributed by atoms with Gasteiger partial charge < -0.3 is 5.73 Å². The average Bonchev–Trinajstić information content (AvgIpc) is 2.17. The van der Waals surface area contributed by atoms with Crippen molar-refractivity contribution in [3.8, 4) is 0 Å². The fourth-order valence-electron chi connectivity index (χ4n) is 2.01. The molecule has 0 saturated heterocycles.